The molecule has 122 valence electrons. The highest BCUT2D eigenvalue weighted by molar-refractivity contribution is 9.10. The molecule has 1 N–H and O–H groups in total. The lowest BCUT2D eigenvalue weighted by molar-refractivity contribution is 0.0499. The molecule has 1 fully saturated rings. The van der Waals surface area contributed by atoms with Crippen molar-refractivity contribution in [3.63, 3.8) is 0 Å². The van der Waals surface area contributed by atoms with Crippen LogP contribution < -0.4 is 0 Å². The van der Waals surface area contributed by atoms with E-state index in [0.29, 0.717) is 17.9 Å². The number of aromatic amines is 1. The largest absolute Gasteiger partial charge is 0.384 e. The minimum atomic E-state index is 0.561. The number of fused-ring (bicyclic) bond motifs is 2. The van der Waals surface area contributed by atoms with E-state index >= 15 is 0 Å². The van der Waals surface area contributed by atoms with Crippen LogP contribution in [0.1, 0.15) is 23.5 Å². The smallest absolute Gasteiger partial charge is 0.0864 e. The highest BCUT2D eigenvalue weighted by Gasteiger charge is 2.40. The Morgan fingerprint density at radius 3 is 3.13 bits per heavy atom. The summed E-state index contributed by atoms with van der Waals surface area (Å²) in [6, 6.07) is 7.25. The number of hydrogen-bond acceptors (Lipinski definition) is 2. The molecule has 0 amide bonds. The molecule has 4 rings (SSSR count). The summed E-state index contributed by atoms with van der Waals surface area (Å²) >= 11 is 3.74. The van der Waals surface area contributed by atoms with Crippen molar-refractivity contribution in [1.29, 1.82) is 0 Å². The molecule has 2 aliphatic rings. The topological polar surface area (TPSA) is 28.3 Å². The zero-order valence-corrected chi connectivity index (χ0v) is 15.1. The van der Waals surface area contributed by atoms with Crippen molar-refractivity contribution < 1.29 is 4.74 Å². The SMILES string of the molecule is C=CCN1C[C@H](COC)C[C@@H]2c3cccc4[nH]c(Br)c(c34)C[C@H]21. The first-order valence-corrected chi connectivity index (χ1v) is 9.15. The second kappa shape index (κ2) is 6.08. The van der Waals surface area contributed by atoms with Gasteiger partial charge in [-0.1, -0.05) is 18.2 Å². The predicted octanol–water partition coefficient (Wildman–Crippen LogP) is 4.09. The van der Waals surface area contributed by atoms with Crippen LogP contribution in [0.2, 0.25) is 0 Å². The van der Waals surface area contributed by atoms with Crippen LogP contribution >= 0.6 is 15.9 Å². The van der Waals surface area contributed by atoms with Gasteiger partial charge in [-0.05, 0) is 51.9 Å². The van der Waals surface area contributed by atoms with Crippen molar-refractivity contribution in [1.82, 2.24) is 9.88 Å². The van der Waals surface area contributed by atoms with Crippen LogP contribution in [0.15, 0.2) is 35.5 Å². The van der Waals surface area contributed by atoms with Crippen molar-refractivity contribution in [3.8, 4) is 0 Å². The summed E-state index contributed by atoms with van der Waals surface area (Å²) in [6.07, 6.45) is 4.36. The first kappa shape index (κ1) is 15.4. The van der Waals surface area contributed by atoms with Gasteiger partial charge < -0.3 is 9.72 Å². The van der Waals surface area contributed by atoms with Gasteiger partial charge in [-0.3, -0.25) is 4.90 Å². The second-order valence-corrected chi connectivity index (χ2v) is 7.66. The Morgan fingerprint density at radius 2 is 2.35 bits per heavy atom. The molecular weight excluding hydrogens is 352 g/mol. The summed E-state index contributed by atoms with van der Waals surface area (Å²) in [5.41, 5.74) is 4.20. The number of aromatic nitrogens is 1. The van der Waals surface area contributed by atoms with Gasteiger partial charge in [-0.2, -0.15) is 0 Å². The summed E-state index contributed by atoms with van der Waals surface area (Å²) in [5, 5.41) is 1.44. The Labute approximate surface area is 145 Å². The number of nitrogens with zero attached hydrogens (tertiary/aromatic N) is 1. The van der Waals surface area contributed by atoms with Gasteiger partial charge in [0.1, 0.15) is 0 Å². The summed E-state index contributed by atoms with van der Waals surface area (Å²) in [7, 11) is 1.81. The summed E-state index contributed by atoms with van der Waals surface area (Å²) in [5.74, 6) is 1.18. The van der Waals surface area contributed by atoms with Crippen molar-refractivity contribution >= 4 is 26.8 Å². The highest BCUT2D eigenvalue weighted by atomic mass is 79.9. The molecule has 0 saturated carbocycles. The fraction of sp³-hybridized carbons (Fsp3) is 0.474. The molecular formula is C19H23BrN2O. The van der Waals surface area contributed by atoms with Crippen LogP contribution in [-0.4, -0.2) is 42.7 Å². The summed E-state index contributed by atoms with van der Waals surface area (Å²) < 4.78 is 6.62. The van der Waals surface area contributed by atoms with Crippen LogP contribution in [-0.2, 0) is 11.2 Å². The van der Waals surface area contributed by atoms with Gasteiger partial charge in [0.25, 0.3) is 0 Å². The number of H-pyrrole nitrogens is 1. The van der Waals surface area contributed by atoms with Gasteiger partial charge in [0.15, 0.2) is 0 Å². The Bertz CT molecular complexity index is 738. The first-order chi connectivity index (χ1) is 11.2. The van der Waals surface area contributed by atoms with E-state index in [0.717, 1.165) is 30.7 Å². The maximum atomic E-state index is 5.47. The van der Waals surface area contributed by atoms with Crippen LogP contribution in [0.25, 0.3) is 10.9 Å². The van der Waals surface area contributed by atoms with E-state index < -0.39 is 0 Å². The molecule has 4 heteroatoms. The second-order valence-electron chi connectivity index (χ2n) is 6.86. The zero-order valence-electron chi connectivity index (χ0n) is 13.5. The molecule has 23 heavy (non-hydrogen) atoms. The Balaban J connectivity index is 1.80. The first-order valence-electron chi connectivity index (χ1n) is 8.35. The predicted molar refractivity (Wildman–Crippen MR) is 98.0 cm³/mol. The van der Waals surface area contributed by atoms with E-state index in [2.05, 4.69) is 50.6 Å². The van der Waals surface area contributed by atoms with Gasteiger partial charge in [0.05, 0.1) is 11.2 Å². The standard InChI is InChI=1S/C19H23BrN2O/c1-3-7-22-10-12(11-23-2)8-14-13-5-4-6-16-18(13)15(9-17(14)22)19(20)21-16/h3-6,12,14,17,21H,1,7-11H2,2H3/t12-,14-,17-/m1/s1. The maximum absolute atomic E-state index is 5.47. The average molecular weight is 375 g/mol. The lowest BCUT2D eigenvalue weighted by Crippen LogP contribution is -2.50. The van der Waals surface area contributed by atoms with E-state index in [-0.39, 0.29) is 0 Å². The van der Waals surface area contributed by atoms with E-state index in [4.69, 9.17) is 4.74 Å². The minimum absolute atomic E-state index is 0.561. The molecule has 0 unspecified atom stereocenters. The van der Waals surface area contributed by atoms with Crippen molar-refractivity contribution in [2.24, 2.45) is 5.92 Å². The van der Waals surface area contributed by atoms with Gasteiger partial charge in [0.2, 0.25) is 0 Å². The van der Waals surface area contributed by atoms with Gasteiger partial charge in [-0.15, -0.1) is 6.58 Å². The van der Waals surface area contributed by atoms with Crippen molar-refractivity contribution in [3.05, 3.63) is 46.6 Å². The molecule has 3 atom stereocenters. The fourth-order valence-electron chi connectivity index (χ4n) is 4.67. The molecule has 0 radical (unpaired) electrons. The molecule has 0 bridgehead atoms. The number of nitrogens with one attached hydrogen (secondary N) is 1. The van der Waals surface area contributed by atoms with Crippen LogP contribution in [0, 0.1) is 5.92 Å². The number of rotatable bonds is 4. The molecule has 3 nitrogen and oxygen atoms in total. The third-order valence-electron chi connectivity index (χ3n) is 5.50. The summed E-state index contributed by atoms with van der Waals surface area (Å²) in [4.78, 5) is 6.11. The normalized spacial score (nSPS) is 27.1. The highest BCUT2D eigenvalue weighted by Crippen LogP contribution is 2.46. The average Bonchev–Trinajstić information content (AvgIpc) is 2.86. The number of likely N-dealkylation sites (tertiary alicyclic amines) is 1. The molecule has 0 spiro atoms. The molecule has 1 saturated heterocycles. The number of piperidine rings is 1. The van der Waals surface area contributed by atoms with Gasteiger partial charge in [0, 0.05) is 43.1 Å². The molecule has 1 aromatic heterocycles. The Morgan fingerprint density at radius 1 is 1.48 bits per heavy atom. The molecule has 2 aromatic rings. The molecule has 2 heterocycles. The quantitative estimate of drug-likeness (QED) is 0.816. The lowest BCUT2D eigenvalue weighted by Gasteiger charge is -2.46. The maximum Gasteiger partial charge on any atom is 0.0864 e. The third-order valence-corrected chi connectivity index (χ3v) is 6.18. The zero-order chi connectivity index (χ0) is 16.0. The van der Waals surface area contributed by atoms with E-state index in [9.17, 15) is 0 Å². The minimum Gasteiger partial charge on any atom is -0.384 e. The Hall–Kier alpha value is -1.10. The van der Waals surface area contributed by atoms with E-state index in [1.807, 2.05) is 13.2 Å². The number of halogens is 1. The molecule has 1 aliphatic carbocycles. The van der Waals surface area contributed by atoms with Gasteiger partial charge >= 0.3 is 0 Å². The monoisotopic (exact) mass is 374 g/mol. The van der Waals surface area contributed by atoms with Crippen molar-refractivity contribution in [2.75, 3.05) is 26.8 Å². The number of benzene rings is 1. The fourth-order valence-corrected chi connectivity index (χ4v) is 5.25. The van der Waals surface area contributed by atoms with E-state index in [1.165, 1.54) is 28.5 Å². The van der Waals surface area contributed by atoms with Crippen LogP contribution in [0.5, 0.6) is 0 Å². The van der Waals surface area contributed by atoms with Crippen molar-refractivity contribution in [2.45, 2.75) is 24.8 Å². The number of hydrogen-bond donors (Lipinski definition) is 1. The van der Waals surface area contributed by atoms with Gasteiger partial charge in [-0.25, -0.2) is 0 Å². The Kier molecular flexibility index (Phi) is 4.08. The van der Waals surface area contributed by atoms with E-state index in [1.54, 1.807) is 0 Å². The molecule has 1 aliphatic heterocycles. The lowest BCUT2D eigenvalue weighted by atomic mass is 9.72. The van der Waals surface area contributed by atoms with Crippen LogP contribution in [0.4, 0.5) is 0 Å². The van der Waals surface area contributed by atoms with Crippen LogP contribution in [0.3, 0.4) is 0 Å². The number of methoxy groups -OCH3 is 1. The number of ether oxygens (including phenoxy) is 1. The summed E-state index contributed by atoms with van der Waals surface area (Å²) in [6.45, 7) is 6.87. The third kappa shape index (κ3) is 2.48. The molecule has 1 aromatic carbocycles.